The van der Waals surface area contributed by atoms with Crippen LogP contribution >= 0.6 is 0 Å². The second-order valence-corrected chi connectivity index (χ2v) is 5.49. The molecular weight excluding hydrogens is 306 g/mol. The predicted molar refractivity (Wildman–Crippen MR) is 87.9 cm³/mol. The van der Waals surface area contributed by atoms with E-state index in [1.54, 1.807) is 6.20 Å². The molecule has 0 amide bonds. The lowest BCUT2D eigenvalue weighted by molar-refractivity contribution is -0.144. The van der Waals surface area contributed by atoms with E-state index < -0.39 is 6.10 Å². The molecule has 2 heterocycles. The average Bonchev–Trinajstić information content (AvgIpc) is 3.08. The lowest BCUT2D eigenvalue weighted by Gasteiger charge is -2.20. The average molecular weight is 321 g/mol. The van der Waals surface area contributed by atoms with E-state index in [0.29, 0.717) is 17.2 Å². The minimum absolute atomic E-state index is 0.155. The van der Waals surface area contributed by atoms with Crippen LogP contribution in [0.3, 0.4) is 0 Å². The number of fused-ring (bicyclic) bond motifs is 2. The molecule has 0 N–H and O–H groups in total. The van der Waals surface area contributed by atoms with Gasteiger partial charge in [0.15, 0.2) is 17.6 Å². The number of rotatable bonds is 3. The van der Waals surface area contributed by atoms with Crippen molar-refractivity contribution in [1.29, 1.82) is 0 Å². The van der Waals surface area contributed by atoms with Gasteiger partial charge in [0, 0.05) is 24.1 Å². The zero-order valence-electron chi connectivity index (χ0n) is 13.1. The first-order valence-electron chi connectivity index (χ1n) is 7.63. The molecule has 3 aromatic rings. The Kier molecular flexibility index (Phi) is 3.54. The minimum Gasteiger partial charge on any atom is -0.454 e. The maximum Gasteiger partial charge on any atom is 0.303 e. The molecule has 2 aromatic carbocycles. The largest absolute Gasteiger partial charge is 0.454 e. The van der Waals surface area contributed by atoms with Crippen molar-refractivity contribution in [3.05, 3.63) is 66.0 Å². The highest BCUT2D eigenvalue weighted by molar-refractivity contribution is 5.85. The van der Waals surface area contributed by atoms with Crippen molar-refractivity contribution in [2.75, 3.05) is 6.79 Å². The summed E-state index contributed by atoms with van der Waals surface area (Å²) in [6.07, 6.45) is 1.06. The Morgan fingerprint density at radius 2 is 2.00 bits per heavy atom. The number of carbonyl (C=O) groups is 1. The summed E-state index contributed by atoms with van der Waals surface area (Å²) in [6, 6.07) is 15.3. The summed E-state index contributed by atoms with van der Waals surface area (Å²) >= 11 is 0. The molecule has 4 rings (SSSR count). The number of ether oxygens (including phenoxy) is 3. The van der Waals surface area contributed by atoms with Gasteiger partial charge in [0.25, 0.3) is 0 Å². The van der Waals surface area contributed by atoms with Crippen LogP contribution in [0.4, 0.5) is 0 Å². The summed E-state index contributed by atoms with van der Waals surface area (Å²) in [5.74, 6) is 0.856. The van der Waals surface area contributed by atoms with Gasteiger partial charge >= 0.3 is 5.97 Å². The summed E-state index contributed by atoms with van der Waals surface area (Å²) in [5.41, 5.74) is 1.40. The Balaban J connectivity index is 1.92. The summed E-state index contributed by atoms with van der Waals surface area (Å²) in [6.45, 7) is 1.54. The molecule has 24 heavy (non-hydrogen) atoms. The highest BCUT2D eigenvalue weighted by Gasteiger charge is 2.28. The van der Waals surface area contributed by atoms with E-state index in [2.05, 4.69) is 4.98 Å². The van der Waals surface area contributed by atoms with Gasteiger partial charge in [-0.3, -0.25) is 9.78 Å². The number of benzene rings is 2. The normalized spacial score (nSPS) is 13.7. The van der Waals surface area contributed by atoms with Gasteiger partial charge < -0.3 is 14.2 Å². The fourth-order valence-electron chi connectivity index (χ4n) is 2.94. The topological polar surface area (TPSA) is 57.7 Å². The second-order valence-electron chi connectivity index (χ2n) is 5.49. The molecule has 1 unspecified atom stereocenters. The van der Waals surface area contributed by atoms with E-state index in [4.69, 9.17) is 14.2 Å². The van der Waals surface area contributed by atoms with E-state index >= 15 is 0 Å². The molecule has 0 fully saturated rings. The molecule has 5 heteroatoms. The van der Waals surface area contributed by atoms with Crippen LogP contribution in [0.5, 0.6) is 11.5 Å². The van der Waals surface area contributed by atoms with Crippen LogP contribution in [0.2, 0.25) is 0 Å². The van der Waals surface area contributed by atoms with Gasteiger partial charge in [-0.1, -0.05) is 36.4 Å². The molecule has 5 nitrogen and oxygen atoms in total. The SMILES string of the molecule is CC(=O)OC(c1cccc2c1OCO2)c1nccc2ccccc12. The number of carbonyl (C=O) groups excluding carboxylic acids is 1. The van der Waals surface area contributed by atoms with E-state index in [9.17, 15) is 4.79 Å². The number of aromatic nitrogens is 1. The minimum atomic E-state index is -0.662. The van der Waals surface area contributed by atoms with Crippen LogP contribution in [0.1, 0.15) is 24.3 Å². The highest BCUT2D eigenvalue weighted by Crippen LogP contribution is 2.42. The Morgan fingerprint density at radius 3 is 2.88 bits per heavy atom. The monoisotopic (exact) mass is 321 g/mol. The summed E-state index contributed by atoms with van der Waals surface area (Å²) in [7, 11) is 0. The Labute approximate surface area is 138 Å². The van der Waals surface area contributed by atoms with Gasteiger partial charge in [0.05, 0.1) is 5.69 Å². The van der Waals surface area contributed by atoms with Gasteiger partial charge in [0.2, 0.25) is 6.79 Å². The molecule has 1 aliphatic rings. The fourth-order valence-corrected chi connectivity index (χ4v) is 2.94. The first-order valence-corrected chi connectivity index (χ1v) is 7.63. The zero-order chi connectivity index (χ0) is 16.5. The molecule has 0 spiro atoms. The lowest BCUT2D eigenvalue weighted by Crippen LogP contribution is -2.13. The standard InChI is InChI=1S/C19H15NO4/c1-12(21)24-19(15-7-4-8-16-18(15)23-11-22-16)17-14-6-3-2-5-13(14)9-10-20-17/h2-10,19H,11H2,1H3. The summed E-state index contributed by atoms with van der Waals surface area (Å²) < 4.78 is 16.6. The molecule has 120 valence electrons. The molecule has 0 saturated heterocycles. The van der Waals surface area contributed by atoms with Gasteiger partial charge in [-0.15, -0.1) is 0 Å². The maximum absolute atomic E-state index is 11.7. The Hall–Kier alpha value is -3.08. The Bertz CT molecular complexity index is 917. The molecule has 0 bridgehead atoms. The lowest BCUT2D eigenvalue weighted by atomic mass is 9.99. The molecule has 1 atom stereocenters. The van der Waals surface area contributed by atoms with E-state index in [1.807, 2.05) is 48.5 Å². The van der Waals surface area contributed by atoms with Crippen LogP contribution in [0.25, 0.3) is 10.8 Å². The van der Waals surface area contributed by atoms with Gasteiger partial charge in [-0.05, 0) is 17.5 Å². The van der Waals surface area contributed by atoms with Crippen molar-refractivity contribution in [1.82, 2.24) is 4.98 Å². The van der Waals surface area contributed by atoms with E-state index in [1.165, 1.54) is 6.92 Å². The van der Waals surface area contributed by atoms with Gasteiger partial charge in [-0.25, -0.2) is 0 Å². The molecule has 0 aliphatic carbocycles. The van der Waals surface area contributed by atoms with Crippen molar-refractivity contribution in [3.8, 4) is 11.5 Å². The number of nitrogens with zero attached hydrogens (tertiary/aromatic N) is 1. The van der Waals surface area contributed by atoms with Crippen LogP contribution in [0, 0.1) is 0 Å². The highest BCUT2D eigenvalue weighted by atomic mass is 16.7. The van der Waals surface area contributed by atoms with Crippen molar-refractivity contribution >= 4 is 16.7 Å². The van der Waals surface area contributed by atoms with Crippen molar-refractivity contribution in [2.24, 2.45) is 0 Å². The quantitative estimate of drug-likeness (QED) is 0.690. The van der Waals surface area contributed by atoms with Crippen LogP contribution in [-0.2, 0) is 9.53 Å². The Morgan fingerprint density at radius 1 is 1.12 bits per heavy atom. The first kappa shape index (κ1) is 14.5. The summed E-state index contributed by atoms with van der Waals surface area (Å²) in [4.78, 5) is 16.2. The first-order chi connectivity index (χ1) is 11.7. The summed E-state index contributed by atoms with van der Waals surface area (Å²) in [5, 5.41) is 1.96. The van der Waals surface area contributed by atoms with Crippen LogP contribution in [0.15, 0.2) is 54.7 Å². The molecule has 0 saturated carbocycles. The number of hydrogen-bond donors (Lipinski definition) is 0. The molecule has 1 aromatic heterocycles. The maximum atomic E-state index is 11.7. The third-order valence-corrected chi connectivity index (χ3v) is 3.95. The van der Waals surface area contributed by atoms with Crippen molar-refractivity contribution in [2.45, 2.75) is 13.0 Å². The second kappa shape index (κ2) is 5.85. The van der Waals surface area contributed by atoms with Gasteiger partial charge in [0.1, 0.15) is 0 Å². The van der Waals surface area contributed by atoms with Gasteiger partial charge in [-0.2, -0.15) is 0 Å². The molecular formula is C19H15NO4. The van der Waals surface area contributed by atoms with Crippen molar-refractivity contribution < 1.29 is 19.0 Å². The smallest absolute Gasteiger partial charge is 0.303 e. The third-order valence-electron chi connectivity index (χ3n) is 3.95. The number of para-hydroxylation sites is 1. The number of esters is 1. The zero-order valence-corrected chi connectivity index (χ0v) is 13.1. The molecule has 1 aliphatic heterocycles. The van der Waals surface area contributed by atoms with E-state index in [-0.39, 0.29) is 12.8 Å². The predicted octanol–water partition coefficient (Wildman–Crippen LogP) is 3.62. The third kappa shape index (κ3) is 2.44. The molecule has 0 radical (unpaired) electrons. The number of pyridine rings is 1. The number of hydrogen-bond acceptors (Lipinski definition) is 5. The van der Waals surface area contributed by atoms with E-state index in [0.717, 1.165) is 16.3 Å². The van der Waals surface area contributed by atoms with Crippen molar-refractivity contribution in [3.63, 3.8) is 0 Å². The fraction of sp³-hybridized carbons (Fsp3) is 0.158. The van der Waals surface area contributed by atoms with Crippen LogP contribution < -0.4 is 9.47 Å². The van der Waals surface area contributed by atoms with Crippen LogP contribution in [-0.4, -0.2) is 17.7 Å².